The van der Waals surface area contributed by atoms with Crippen LogP contribution in [0.1, 0.15) is 70.6 Å². The minimum Gasteiger partial charge on any atom is -0.481 e. The van der Waals surface area contributed by atoms with Gasteiger partial charge in [-0.1, -0.05) is 32.1 Å². The van der Waals surface area contributed by atoms with Crippen molar-refractivity contribution in [1.29, 1.82) is 0 Å². The number of aliphatic carboxylic acids is 1. The zero-order chi connectivity index (χ0) is 14.4. The smallest absolute Gasteiger partial charge is 0.303 e. The zero-order valence-electron chi connectivity index (χ0n) is 12.3. The van der Waals surface area contributed by atoms with Gasteiger partial charge in [0.1, 0.15) is 0 Å². The Bertz CT molecular complexity index is 342. The lowest BCUT2D eigenvalue weighted by Gasteiger charge is -2.40. The summed E-state index contributed by atoms with van der Waals surface area (Å²) in [6.45, 7) is 0.546. The number of carbonyl (C=O) groups is 2. The summed E-state index contributed by atoms with van der Waals surface area (Å²) in [6, 6.07) is 0. The molecule has 0 aromatic carbocycles. The standard InChI is InChI=1S/C16H27NO3/c18-14(10-13-6-3-1-2-4-7-13)17-12-16(8-5-9-16)11-15(19)20/h13H,1-12H2,(H,17,18)(H,19,20). The molecule has 0 radical (unpaired) electrons. The highest BCUT2D eigenvalue weighted by atomic mass is 16.4. The second-order valence-corrected chi connectivity index (χ2v) is 6.76. The summed E-state index contributed by atoms with van der Waals surface area (Å²) in [6.07, 6.45) is 11.2. The summed E-state index contributed by atoms with van der Waals surface area (Å²) in [5, 5.41) is 12.0. The molecule has 114 valence electrons. The quantitative estimate of drug-likeness (QED) is 0.735. The van der Waals surface area contributed by atoms with Crippen molar-refractivity contribution in [3.05, 3.63) is 0 Å². The molecule has 0 spiro atoms. The molecule has 1 amide bonds. The van der Waals surface area contributed by atoms with Crippen molar-refractivity contribution in [1.82, 2.24) is 5.32 Å². The molecule has 20 heavy (non-hydrogen) atoms. The maximum Gasteiger partial charge on any atom is 0.303 e. The fraction of sp³-hybridized carbons (Fsp3) is 0.875. The fourth-order valence-corrected chi connectivity index (χ4v) is 3.60. The predicted molar refractivity (Wildman–Crippen MR) is 77.4 cm³/mol. The van der Waals surface area contributed by atoms with Gasteiger partial charge >= 0.3 is 5.97 Å². The Balaban J connectivity index is 1.72. The largest absolute Gasteiger partial charge is 0.481 e. The Morgan fingerprint density at radius 3 is 2.20 bits per heavy atom. The van der Waals surface area contributed by atoms with Crippen molar-refractivity contribution in [2.75, 3.05) is 6.54 Å². The van der Waals surface area contributed by atoms with Crippen LogP contribution in [0, 0.1) is 11.3 Å². The lowest BCUT2D eigenvalue weighted by Crippen LogP contribution is -2.43. The second-order valence-electron chi connectivity index (χ2n) is 6.76. The van der Waals surface area contributed by atoms with E-state index >= 15 is 0 Å². The van der Waals surface area contributed by atoms with Crippen LogP contribution in [-0.4, -0.2) is 23.5 Å². The van der Waals surface area contributed by atoms with Crippen LogP contribution < -0.4 is 5.32 Å². The lowest BCUT2D eigenvalue weighted by molar-refractivity contribution is -0.142. The number of hydrogen-bond donors (Lipinski definition) is 2. The average molecular weight is 281 g/mol. The average Bonchev–Trinajstić information content (AvgIpc) is 2.60. The van der Waals surface area contributed by atoms with E-state index < -0.39 is 5.97 Å². The van der Waals surface area contributed by atoms with Crippen LogP contribution in [0.4, 0.5) is 0 Å². The minimum atomic E-state index is -0.747. The molecule has 0 heterocycles. The number of nitrogens with one attached hydrogen (secondary N) is 1. The SMILES string of the molecule is O=C(O)CC1(CNC(=O)CC2CCCCCC2)CCC1. The molecule has 2 aliphatic rings. The van der Waals surface area contributed by atoms with Crippen molar-refractivity contribution in [3.63, 3.8) is 0 Å². The molecule has 0 aromatic rings. The van der Waals surface area contributed by atoms with Crippen LogP contribution in [0.2, 0.25) is 0 Å². The first-order chi connectivity index (χ1) is 9.60. The molecular weight excluding hydrogens is 254 g/mol. The predicted octanol–water partition coefficient (Wildman–Crippen LogP) is 3.11. The molecule has 0 atom stereocenters. The monoisotopic (exact) mass is 281 g/mol. The van der Waals surface area contributed by atoms with Gasteiger partial charge in [0.05, 0.1) is 6.42 Å². The third-order valence-corrected chi connectivity index (χ3v) is 5.05. The van der Waals surface area contributed by atoms with E-state index in [9.17, 15) is 9.59 Å². The summed E-state index contributed by atoms with van der Waals surface area (Å²) in [5.41, 5.74) is -0.162. The zero-order valence-corrected chi connectivity index (χ0v) is 12.3. The van der Waals surface area contributed by atoms with E-state index in [1.54, 1.807) is 0 Å². The number of carboxylic acid groups (broad SMARTS) is 1. The topological polar surface area (TPSA) is 66.4 Å². The van der Waals surface area contributed by atoms with E-state index in [0.717, 1.165) is 19.3 Å². The molecule has 0 bridgehead atoms. The molecular formula is C16H27NO3. The van der Waals surface area contributed by atoms with E-state index in [2.05, 4.69) is 5.32 Å². The Kier molecular flexibility index (Phi) is 5.44. The number of amides is 1. The summed E-state index contributed by atoms with van der Waals surface area (Å²) < 4.78 is 0. The molecule has 0 unspecified atom stereocenters. The molecule has 2 N–H and O–H groups in total. The Morgan fingerprint density at radius 1 is 1.05 bits per heavy atom. The molecule has 0 saturated heterocycles. The van der Waals surface area contributed by atoms with Gasteiger partial charge in [0.25, 0.3) is 0 Å². The van der Waals surface area contributed by atoms with Crippen LogP contribution in [0.15, 0.2) is 0 Å². The van der Waals surface area contributed by atoms with Gasteiger partial charge in [0.15, 0.2) is 0 Å². The van der Waals surface area contributed by atoms with E-state index in [4.69, 9.17) is 5.11 Å². The third kappa shape index (κ3) is 4.50. The van der Waals surface area contributed by atoms with Gasteiger partial charge in [-0.15, -0.1) is 0 Å². The van der Waals surface area contributed by atoms with E-state index in [0.29, 0.717) is 18.9 Å². The van der Waals surface area contributed by atoms with Crippen molar-refractivity contribution >= 4 is 11.9 Å². The van der Waals surface area contributed by atoms with Crippen LogP contribution in [-0.2, 0) is 9.59 Å². The van der Waals surface area contributed by atoms with Crippen molar-refractivity contribution in [3.8, 4) is 0 Å². The number of hydrogen-bond acceptors (Lipinski definition) is 2. The molecule has 2 fully saturated rings. The number of carbonyl (C=O) groups excluding carboxylic acids is 1. The molecule has 0 aliphatic heterocycles. The highest BCUT2D eigenvalue weighted by molar-refractivity contribution is 5.76. The van der Waals surface area contributed by atoms with Gasteiger partial charge in [-0.2, -0.15) is 0 Å². The first-order valence-electron chi connectivity index (χ1n) is 8.08. The van der Waals surface area contributed by atoms with Gasteiger partial charge < -0.3 is 10.4 Å². The first-order valence-corrected chi connectivity index (χ1v) is 8.08. The van der Waals surface area contributed by atoms with Crippen LogP contribution in [0.3, 0.4) is 0 Å². The minimum absolute atomic E-state index is 0.119. The van der Waals surface area contributed by atoms with E-state index in [1.165, 1.54) is 38.5 Å². The Hall–Kier alpha value is -1.06. The molecule has 4 nitrogen and oxygen atoms in total. The number of rotatable bonds is 6. The van der Waals surface area contributed by atoms with E-state index in [1.807, 2.05) is 0 Å². The summed E-state index contributed by atoms with van der Waals surface area (Å²) in [7, 11) is 0. The maximum absolute atomic E-state index is 12.0. The third-order valence-electron chi connectivity index (χ3n) is 5.05. The lowest BCUT2D eigenvalue weighted by atomic mass is 9.66. The van der Waals surface area contributed by atoms with Gasteiger partial charge in [0, 0.05) is 13.0 Å². The van der Waals surface area contributed by atoms with Crippen LogP contribution in [0.5, 0.6) is 0 Å². The highest BCUT2D eigenvalue weighted by Crippen LogP contribution is 2.43. The maximum atomic E-state index is 12.0. The molecule has 2 saturated carbocycles. The summed E-state index contributed by atoms with van der Waals surface area (Å²) >= 11 is 0. The van der Waals surface area contributed by atoms with Crippen LogP contribution >= 0.6 is 0 Å². The second kappa shape index (κ2) is 7.09. The van der Waals surface area contributed by atoms with E-state index in [-0.39, 0.29) is 17.7 Å². The normalized spacial score (nSPS) is 22.6. The van der Waals surface area contributed by atoms with Crippen molar-refractivity contribution in [2.45, 2.75) is 70.6 Å². The molecule has 2 rings (SSSR count). The summed E-state index contributed by atoms with van der Waals surface area (Å²) in [4.78, 5) is 22.9. The van der Waals surface area contributed by atoms with Crippen LogP contribution in [0.25, 0.3) is 0 Å². The van der Waals surface area contributed by atoms with Gasteiger partial charge in [0.2, 0.25) is 5.91 Å². The summed E-state index contributed by atoms with van der Waals surface area (Å²) in [5.74, 6) is -0.0920. The fourth-order valence-electron chi connectivity index (χ4n) is 3.60. The first kappa shape index (κ1) is 15.3. The van der Waals surface area contributed by atoms with Gasteiger partial charge in [-0.25, -0.2) is 0 Å². The Morgan fingerprint density at radius 2 is 1.70 bits per heavy atom. The highest BCUT2D eigenvalue weighted by Gasteiger charge is 2.39. The van der Waals surface area contributed by atoms with Crippen molar-refractivity contribution in [2.24, 2.45) is 11.3 Å². The van der Waals surface area contributed by atoms with Gasteiger partial charge in [-0.3, -0.25) is 9.59 Å². The molecule has 0 aromatic heterocycles. The van der Waals surface area contributed by atoms with Gasteiger partial charge in [-0.05, 0) is 37.0 Å². The number of carboxylic acids is 1. The molecule has 2 aliphatic carbocycles. The Labute approximate surface area is 121 Å². The molecule has 4 heteroatoms. The van der Waals surface area contributed by atoms with Crippen molar-refractivity contribution < 1.29 is 14.7 Å².